The lowest BCUT2D eigenvalue weighted by Gasteiger charge is -2.33. The maximum Gasteiger partial charge on any atom is 0.224 e. The molecule has 0 aromatic heterocycles. The molecule has 0 spiro atoms. The second-order valence-electron chi connectivity index (χ2n) is 4.93. The summed E-state index contributed by atoms with van der Waals surface area (Å²) >= 11 is 0. The number of nitrogens with one attached hydrogen (secondary N) is 1. The van der Waals surface area contributed by atoms with Crippen molar-refractivity contribution in [1.29, 1.82) is 0 Å². The van der Waals surface area contributed by atoms with E-state index in [1.165, 1.54) is 12.8 Å². The first kappa shape index (κ1) is 11.9. The summed E-state index contributed by atoms with van der Waals surface area (Å²) in [6, 6.07) is 0.398. The minimum absolute atomic E-state index is 0.350. The fourth-order valence-electron chi connectivity index (χ4n) is 2.60. The molecule has 2 rings (SSSR count). The largest absolute Gasteiger partial charge is 0.343 e. The summed E-state index contributed by atoms with van der Waals surface area (Å²) in [5, 5.41) is 3.34. The number of amides is 1. The van der Waals surface area contributed by atoms with Crippen LogP contribution >= 0.6 is 0 Å². The van der Waals surface area contributed by atoms with E-state index >= 15 is 0 Å². The molecule has 1 unspecified atom stereocenters. The van der Waals surface area contributed by atoms with Gasteiger partial charge in [-0.15, -0.1) is 0 Å². The molecule has 4 heteroatoms. The molecule has 1 atom stereocenters. The fraction of sp³-hybridized carbons (Fsp3) is 0.917. The Morgan fingerprint density at radius 2 is 1.81 bits per heavy atom. The van der Waals surface area contributed by atoms with Crippen molar-refractivity contribution in [2.75, 3.05) is 39.3 Å². The van der Waals surface area contributed by atoms with Crippen LogP contribution in [0.5, 0.6) is 0 Å². The smallest absolute Gasteiger partial charge is 0.224 e. The van der Waals surface area contributed by atoms with Crippen molar-refractivity contribution >= 4 is 5.91 Å². The highest BCUT2D eigenvalue weighted by atomic mass is 16.2. The predicted molar refractivity (Wildman–Crippen MR) is 64.3 cm³/mol. The second kappa shape index (κ2) is 5.64. The predicted octanol–water partition coefficient (Wildman–Crippen LogP) is 0.293. The van der Waals surface area contributed by atoms with Crippen LogP contribution in [0.15, 0.2) is 0 Å². The highest BCUT2D eigenvalue weighted by molar-refractivity contribution is 5.77. The van der Waals surface area contributed by atoms with Crippen molar-refractivity contribution in [1.82, 2.24) is 15.1 Å². The maximum atomic E-state index is 12.0. The molecule has 16 heavy (non-hydrogen) atoms. The molecular weight excluding hydrogens is 202 g/mol. The monoisotopic (exact) mass is 225 g/mol. The van der Waals surface area contributed by atoms with Gasteiger partial charge in [0.15, 0.2) is 0 Å². The van der Waals surface area contributed by atoms with E-state index in [0.717, 1.165) is 39.3 Å². The van der Waals surface area contributed by atoms with Crippen LogP contribution in [0, 0.1) is 0 Å². The Kier molecular flexibility index (Phi) is 4.18. The number of rotatable bonds is 3. The van der Waals surface area contributed by atoms with Crippen LogP contribution in [0.3, 0.4) is 0 Å². The third-order valence-electron chi connectivity index (χ3n) is 3.70. The molecule has 1 amide bonds. The number of hydrogen-bond acceptors (Lipinski definition) is 3. The topological polar surface area (TPSA) is 35.6 Å². The van der Waals surface area contributed by atoms with Crippen LogP contribution in [0.4, 0.5) is 0 Å². The van der Waals surface area contributed by atoms with Crippen molar-refractivity contribution in [2.45, 2.75) is 32.2 Å². The average molecular weight is 225 g/mol. The number of piperazine rings is 1. The molecule has 2 fully saturated rings. The summed E-state index contributed by atoms with van der Waals surface area (Å²) in [7, 11) is 0. The van der Waals surface area contributed by atoms with Crippen molar-refractivity contribution in [2.24, 2.45) is 0 Å². The standard InChI is InChI=1S/C12H23N3O/c1-11(14-8-4-13-5-9-14)10-12(16)15-6-2-3-7-15/h11,13H,2-10H2,1H3. The van der Waals surface area contributed by atoms with Gasteiger partial charge in [-0.1, -0.05) is 0 Å². The zero-order valence-corrected chi connectivity index (χ0v) is 10.2. The third kappa shape index (κ3) is 2.95. The highest BCUT2D eigenvalue weighted by Gasteiger charge is 2.23. The van der Waals surface area contributed by atoms with Gasteiger partial charge >= 0.3 is 0 Å². The third-order valence-corrected chi connectivity index (χ3v) is 3.70. The molecule has 0 radical (unpaired) electrons. The van der Waals surface area contributed by atoms with Crippen LogP contribution in [-0.4, -0.2) is 61.0 Å². The van der Waals surface area contributed by atoms with Crippen LogP contribution in [-0.2, 0) is 4.79 Å². The van der Waals surface area contributed by atoms with Gasteiger partial charge < -0.3 is 10.2 Å². The Labute approximate surface area is 98.0 Å². The van der Waals surface area contributed by atoms with E-state index in [9.17, 15) is 4.79 Å². The summed E-state index contributed by atoms with van der Waals surface area (Å²) in [5.41, 5.74) is 0. The first-order chi connectivity index (χ1) is 7.77. The molecule has 0 aromatic carbocycles. The van der Waals surface area contributed by atoms with Crippen molar-refractivity contribution in [3.63, 3.8) is 0 Å². The molecular formula is C12H23N3O. The minimum atomic E-state index is 0.350. The van der Waals surface area contributed by atoms with Gasteiger partial charge in [0.05, 0.1) is 0 Å². The molecule has 0 saturated carbocycles. The fourth-order valence-corrected chi connectivity index (χ4v) is 2.60. The number of carbonyl (C=O) groups is 1. The van der Waals surface area contributed by atoms with Crippen LogP contribution in [0.2, 0.25) is 0 Å². The normalized spacial score (nSPS) is 24.7. The Balaban J connectivity index is 1.76. The van der Waals surface area contributed by atoms with Crippen molar-refractivity contribution < 1.29 is 4.79 Å². The first-order valence-electron chi connectivity index (χ1n) is 6.50. The number of nitrogens with zero attached hydrogens (tertiary/aromatic N) is 2. The molecule has 0 aliphatic carbocycles. The number of likely N-dealkylation sites (tertiary alicyclic amines) is 1. The van der Waals surface area contributed by atoms with Crippen molar-refractivity contribution in [3.8, 4) is 0 Å². The number of hydrogen-bond donors (Lipinski definition) is 1. The molecule has 2 heterocycles. The first-order valence-corrected chi connectivity index (χ1v) is 6.50. The summed E-state index contributed by atoms with van der Waals surface area (Å²) in [5.74, 6) is 0.350. The van der Waals surface area contributed by atoms with Crippen LogP contribution in [0.25, 0.3) is 0 Å². The zero-order chi connectivity index (χ0) is 11.4. The molecule has 2 aliphatic heterocycles. The lowest BCUT2D eigenvalue weighted by molar-refractivity contribution is -0.131. The summed E-state index contributed by atoms with van der Waals surface area (Å²) < 4.78 is 0. The van der Waals surface area contributed by atoms with Gasteiger partial charge in [-0.25, -0.2) is 0 Å². The van der Waals surface area contributed by atoms with Crippen molar-refractivity contribution in [3.05, 3.63) is 0 Å². The minimum Gasteiger partial charge on any atom is -0.343 e. The van der Waals surface area contributed by atoms with E-state index in [4.69, 9.17) is 0 Å². The second-order valence-corrected chi connectivity index (χ2v) is 4.93. The Hall–Kier alpha value is -0.610. The molecule has 2 saturated heterocycles. The molecule has 92 valence electrons. The van der Waals surface area contributed by atoms with Gasteiger partial charge in [0.25, 0.3) is 0 Å². The Bertz CT molecular complexity index is 232. The van der Waals surface area contributed by atoms with Gasteiger partial charge in [-0.3, -0.25) is 9.69 Å². The average Bonchev–Trinajstić information content (AvgIpc) is 2.83. The van der Waals surface area contributed by atoms with E-state index in [2.05, 4.69) is 17.1 Å². The van der Waals surface area contributed by atoms with E-state index in [1.807, 2.05) is 4.90 Å². The summed E-state index contributed by atoms with van der Waals surface area (Å²) in [6.07, 6.45) is 3.07. The van der Waals surface area contributed by atoms with Gasteiger partial charge in [-0.2, -0.15) is 0 Å². The number of carbonyl (C=O) groups excluding carboxylic acids is 1. The van der Waals surface area contributed by atoms with E-state index < -0.39 is 0 Å². The molecule has 4 nitrogen and oxygen atoms in total. The van der Waals surface area contributed by atoms with Crippen LogP contribution < -0.4 is 5.32 Å². The summed E-state index contributed by atoms with van der Waals surface area (Å²) in [4.78, 5) is 16.4. The summed E-state index contributed by atoms with van der Waals surface area (Å²) in [6.45, 7) is 8.41. The lowest BCUT2D eigenvalue weighted by Crippen LogP contribution is -2.48. The van der Waals surface area contributed by atoms with Gasteiger partial charge in [0.2, 0.25) is 5.91 Å². The quantitative estimate of drug-likeness (QED) is 0.750. The van der Waals surface area contributed by atoms with Gasteiger partial charge in [0, 0.05) is 51.7 Å². The lowest BCUT2D eigenvalue weighted by atomic mass is 10.1. The maximum absolute atomic E-state index is 12.0. The molecule has 2 aliphatic rings. The van der Waals surface area contributed by atoms with E-state index in [0.29, 0.717) is 18.4 Å². The van der Waals surface area contributed by atoms with E-state index in [-0.39, 0.29) is 0 Å². The van der Waals surface area contributed by atoms with Crippen LogP contribution in [0.1, 0.15) is 26.2 Å². The Morgan fingerprint density at radius 1 is 1.19 bits per heavy atom. The van der Waals surface area contributed by atoms with E-state index in [1.54, 1.807) is 0 Å². The Morgan fingerprint density at radius 3 is 2.44 bits per heavy atom. The molecule has 0 aromatic rings. The van der Waals surface area contributed by atoms with Gasteiger partial charge in [0.1, 0.15) is 0 Å². The van der Waals surface area contributed by atoms with Gasteiger partial charge in [-0.05, 0) is 19.8 Å². The highest BCUT2D eigenvalue weighted by Crippen LogP contribution is 2.12. The molecule has 1 N–H and O–H groups in total. The zero-order valence-electron chi connectivity index (χ0n) is 10.2. The molecule has 0 bridgehead atoms. The SMILES string of the molecule is CC(CC(=O)N1CCCC1)N1CCNCC1.